The van der Waals surface area contributed by atoms with Crippen LogP contribution >= 0.6 is 0 Å². The number of hydrogen-bond donors (Lipinski definition) is 0. The van der Waals surface area contributed by atoms with Gasteiger partial charge in [-0.3, -0.25) is 0 Å². The van der Waals surface area contributed by atoms with Gasteiger partial charge in [0.15, 0.2) is 0 Å². The van der Waals surface area contributed by atoms with Gasteiger partial charge in [0.05, 0.1) is 0 Å². The molecule has 3 rings (SSSR count). The van der Waals surface area contributed by atoms with Crippen LogP contribution in [0.2, 0.25) is 0 Å². The molecule has 3 aromatic rings. The highest BCUT2D eigenvalue weighted by Gasteiger charge is 2.08. The van der Waals surface area contributed by atoms with Crippen molar-refractivity contribution in [2.75, 3.05) is 0 Å². The Kier molecular flexibility index (Phi) is 3.85. The minimum absolute atomic E-state index is 0.196. The summed E-state index contributed by atoms with van der Waals surface area (Å²) >= 11 is 0. The van der Waals surface area contributed by atoms with E-state index in [0.29, 0.717) is 0 Å². The minimum Gasteiger partial charge on any atom is -0.232 e. The number of benzene rings is 3. The summed E-state index contributed by atoms with van der Waals surface area (Å²) in [4.78, 5) is 0. The van der Waals surface area contributed by atoms with Crippen LogP contribution in [0.3, 0.4) is 0 Å². The van der Waals surface area contributed by atoms with E-state index >= 15 is 0 Å². The van der Waals surface area contributed by atoms with Crippen molar-refractivity contribution >= 4 is 0 Å². The van der Waals surface area contributed by atoms with Crippen molar-refractivity contribution in [3.05, 3.63) is 90.8 Å². The molecule has 0 N–H and O–H groups in total. The molecule has 0 aliphatic heterocycles. The zero-order chi connectivity index (χ0) is 14.7. The SMILES string of the molecule is [CH2]c1ccc(-c2ccccc2)c(-c2cccc(C[O])c2)c1. The van der Waals surface area contributed by atoms with Gasteiger partial charge in [-0.1, -0.05) is 66.7 Å². The van der Waals surface area contributed by atoms with Gasteiger partial charge in [0.1, 0.15) is 6.61 Å². The van der Waals surface area contributed by atoms with E-state index in [1.165, 1.54) is 5.56 Å². The number of rotatable bonds is 3. The van der Waals surface area contributed by atoms with E-state index in [2.05, 4.69) is 31.2 Å². The average molecular weight is 272 g/mol. The van der Waals surface area contributed by atoms with Crippen LogP contribution in [0.15, 0.2) is 72.8 Å². The zero-order valence-electron chi connectivity index (χ0n) is 11.8. The maximum atomic E-state index is 11.1. The van der Waals surface area contributed by atoms with Crippen LogP contribution in [-0.4, -0.2) is 0 Å². The van der Waals surface area contributed by atoms with Crippen LogP contribution < -0.4 is 0 Å². The quantitative estimate of drug-likeness (QED) is 0.629. The molecule has 102 valence electrons. The molecule has 21 heavy (non-hydrogen) atoms. The van der Waals surface area contributed by atoms with E-state index in [1.807, 2.05) is 48.5 Å². The molecule has 0 spiro atoms. The fourth-order valence-electron chi connectivity index (χ4n) is 2.53. The lowest BCUT2D eigenvalue weighted by Crippen LogP contribution is -1.88. The van der Waals surface area contributed by atoms with Crippen molar-refractivity contribution in [1.82, 2.24) is 0 Å². The largest absolute Gasteiger partial charge is 0.232 e. The lowest BCUT2D eigenvalue weighted by Gasteiger charge is -2.12. The number of hydrogen-bond acceptors (Lipinski definition) is 0. The van der Waals surface area contributed by atoms with E-state index in [9.17, 15) is 5.11 Å². The fraction of sp³-hybridized carbons (Fsp3) is 0.0500. The second kappa shape index (κ2) is 5.94. The summed E-state index contributed by atoms with van der Waals surface area (Å²) in [7, 11) is 0. The summed E-state index contributed by atoms with van der Waals surface area (Å²) in [5, 5.41) is 11.1. The summed E-state index contributed by atoms with van der Waals surface area (Å²) in [5.74, 6) is 0. The lowest BCUT2D eigenvalue weighted by atomic mass is 9.92. The highest BCUT2D eigenvalue weighted by molar-refractivity contribution is 5.84. The second-order valence-electron chi connectivity index (χ2n) is 5.09. The van der Waals surface area contributed by atoms with Crippen molar-refractivity contribution < 1.29 is 5.11 Å². The van der Waals surface area contributed by atoms with Crippen molar-refractivity contribution in [2.24, 2.45) is 0 Å². The molecule has 1 nitrogen and oxygen atoms in total. The molecule has 0 fully saturated rings. The first-order chi connectivity index (χ1) is 10.3. The van der Waals surface area contributed by atoms with E-state index in [4.69, 9.17) is 0 Å². The van der Waals surface area contributed by atoms with Gasteiger partial charge < -0.3 is 0 Å². The van der Waals surface area contributed by atoms with Crippen LogP contribution in [0.1, 0.15) is 11.1 Å². The monoisotopic (exact) mass is 272 g/mol. The van der Waals surface area contributed by atoms with E-state index in [1.54, 1.807) is 0 Å². The smallest absolute Gasteiger partial charge is 0.107 e. The molecule has 0 amide bonds. The molecule has 0 aliphatic carbocycles. The predicted molar refractivity (Wildman–Crippen MR) is 86.2 cm³/mol. The Morgan fingerprint density at radius 1 is 0.714 bits per heavy atom. The van der Waals surface area contributed by atoms with Gasteiger partial charge in [0, 0.05) is 0 Å². The first-order valence-electron chi connectivity index (χ1n) is 6.97. The van der Waals surface area contributed by atoms with Crippen LogP contribution in [0, 0.1) is 6.92 Å². The topological polar surface area (TPSA) is 19.9 Å². The molecule has 0 bridgehead atoms. The van der Waals surface area contributed by atoms with Crippen molar-refractivity contribution in [3.63, 3.8) is 0 Å². The van der Waals surface area contributed by atoms with Gasteiger partial charge in [-0.2, -0.15) is 0 Å². The molecule has 0 atom stereocenters. The van der Waals surface area contributed by atoms with Gasteiger partial charge in [-0.05, 0) is 46.4 Å². The van der Waals surface area contributed by atoms with Gasteiger partial charge in [-0.25, -0.2) is 5.11 Å². The van der Waals surface area contributed by atoms with Crippen molar-refractivity contribution in [1.29, 1.82) is 0 Å². The Hall–Kier alpha value is -2.38. The average Bonchev–Trinajstić information content (AvgIpc) is 2.55. The molecule has 0 aromatic heterocycles. The fourth-order valence-corrected chi connectivity index (χ4v) is 2.53. The Bertz CT molecular complexity index is 745. The Balaban J connectivity index is 2.19. The standard InChI is InChI=1S/C20H16O/c1-15-10-11-19(17-7-3-2-4-8-17)20(12-15)18-9-5-6-16(13-18)14-21/h2-13H,1,14H2. The van der Waals surface area contributed by atoms with Crippen LogP contribution in [-0.2, 0) is 11.7 Å². The van der Waals surface area contributed by atoms with E-state index in [0.717, 1.165) is 27.8 Å². The normalized spacial score (nSPS) is 10.6. The van der Waals surface area contributed by atoms with Gasteiger partial charge >= 0.3 is 0 Å². The third kappa shape index (κ3) is 2.88. The van der Waals surface area contributed by atoms with E-state index in [-0.39, 0.29) is 6.61 Å². The van der Waals surface area contributed by atoms with Crippen molar-refractivity contribution in [2.45, 2.75) is 6.61 Å². The molecule has 3 aromatic carbocycles. The molecule has 1 heteroatoms. The maximum absolute atomic E-state index is 11.1. The lowest BCUT2D eigenvalue weighted by molar-refractivity contribution is 0.177. The Morgan fingerprint density at radius 2 is 1.48 bits per heavy atom. The summed E-state index contributed by atoms with van der Waals surface area (Å²) in [6.07, 6.45) is 0. The van der Waals surface area contributed by atoms with Gasteiger partial charge in [0.25, 0.3) is 0 Å². The maximum Gasteiger partial charge on any atom is 0.107 e. The van der Waals surface area contributed by atoms with Crippen LogP contribution in [0.4, 0.5) is 0 Å². The highest BCUT2D eigenvalue weighted by atomic mass is 16.3. The summed E-state index contributed by atoms with van der Waals surface area (Å²) in [5.41, 5.74) is 6.28. The molecule has 2 radical (unpaired) electrons. The third-order valence-electron chi connectivity index (χ3n) is 3.57. The van der Waals surface area contributed by atoms with Gasteiger partial charge in [0.2, 0.25) is 0 Å². The zero-order valence-corrected chi connectivity index (χ0v) is 11.8. The first-order valence-corrected chi connectivity index (χ1v) is 6.97. The predicted octanol–water partition coefficient (Wildman–Crippen LogP) is 5.13. The molecule has 0 unspecified atom stereocenters. The molecular formula is C20H16O. The summed E-state index contributed by atoms with van der Waals surface area (Å²) in [6.45, 7) is 3.83. The Morgan fingerprint density at radius 3 is 2.24 bits per heavy atom. The first kappa shape index (κ1) is 13.6. The second-order valence-corrected chi connectivity index (χ2v) is 5.09. The highest BCUT2D eigenvalue weighted by Crippen LogP contribution is 2.33. The van der Waals surface area contributed by atoms with Gasteiger partial charge in [-0.15, -0.1) is 0 Å². The minimum atomic E-state index is -0.196. The van der Waals surface area contributed by atoms with E-state index < -0.39 is 0 Å². The Labute approximate surface area is 125 Å². The molecule has 0 aliphatic rings. The van der Waals surface area contributed by atoms with Crippen molar-refractivity contribution in [3.8, 4) is 22.3 Å². The summed E-state index contributed by atoms with van der Waals surface area (Å²) < 4.78 is 0. The molecule has 0 heterocycles. The van der Waals surface area contributed by atoms with Crippen LogP contribution in [0.25, 0.3) is 22.3 Å². The molecule has 0 saturated heterocycles. The molecular weight excluding hydrogens is 256 g/mol. The summed E-state index contributed by atoms with van der Waals surface area (Å²) in [6, 6.07) is 24.3. The molecule has 0 saturated carbocycles. The third-order valence-corrected chi connectivity index (χ3v) is 3.57. The van der Waals surface area contributed by atoms with Crippen LogP contribution in [0.5, 0.6) is 0 Å².